The second-order valence-electron chi connectivity index (χ2n) is 3.14. The van der Waals surface area contributed by atoms with Gasteiger partial charge in [0.1, 0.15) is 0 Å². The van der Waals surface area contributed by atoms with Gasteiger partial charge in [0.2, 0.25) is 5.91 Å². The summed E-state index contributed by atoms with van der Waals surface area (Å²) in [4.78, 5) is 21.3. The predicted molar refractivity (Wildman–Crippen MR) is 57.5 cm³/mol. The van der Waals surface area contributed by atoms with Gasteiger partial charge in [0.15, 0.2) is 0 Å². The van der Waals surface area contributed by atoms with Gasteiger partial charge in [0, 0.05) is 12.5 Å². The van der Waals surface area contributed by atoms with Crippen molar-refractivity contribution in [1.29, 1.82) is 0 Å². The number of nitrogens with one attached hydrogen (secondary N) is 1. The molecule has 0 aliphatic heterocycles. The molecule has 1 amide bonds. The maximum absolute atomic E-state index is 11.1. The standard InChI is InChI=1S/C9H17NO3S/c1-7(5-6-14-2)10-8(11)3-4-9(12)13/h7H,3-6H2,1-2H3,(H,10,11)(H,12,13). The van der Waals surface area contributed by atoms with E-state index >= 15 is 0 Å². The SMILES string of the molecule is CSCCC(C)NC(=O)CCC(=O)O. The Labute approximate surface area is 88.4 Å². The molecule has 0 aromatic rings. The molecular formula is C9H17NO3S. The van der Waals surface area contributed by atoms with Gasteiger partial charge in [-0.15, -0.1) is 0 Å². The zero-order valence-corrected chi connectivity index (χ0v) is 9.39. The Kier molecular flexibility index (Phi) is 7.28. The lowest BCUT2D eigenvalue weighted by atomic mass is 10.2. The number of hydrogen-bond acceptors (Lipinski definition) is 3. The minimum Gasteiger partial charge on any atom is -0.481 e. The van der Waals surface area contributed by atoms with Crippen LogP contribution in [-0.2, 0) is 9.59 Å². The van der Waals surface area contributed by atoms with Gasteiger partial charge in [-0.25, -0.2) is 0 Å². The lowest BCUT2D eigenvalue weighted by Crippen LogP contribution is -2.33. The van der Waals surface area contributed by atoms with E-state index in [9.17, 15) is 9.59 Å². The first-order chi connectivity index (χ1) is 6.56. The molecule has 0 radical (unpaired) electrons. The number of amides is 1. The number of carbonyl (C=O) groups excluding carboxylic acids is 1. The molecular weight excluding hydrogens is 202 g/mol. The number of rotatable bonds is 7. The summed E-state index contributed by atoms with van der Waals surface area (Å²) in [5, 5.41) is 11.1. The van der Waals surface area contributed by atoms with E-state index in [1.807, 2.05) is 13.2 Å². The molecule has 0 aromatic heterocycles. The first-order valence-electron chi connectivity index (χ1n) is 4.56. The van der Waals surface area contributed by atoms with Crippen molar-refractivity contribution in [3.8, 4) is 0 Å². The van der Waals surface area contributed by atoms with Crippen molar-refractivity contribution < 1.29 is 14.7 Å². The van der Waals surface area contributed by atoms with Crippen LogP contribution in [0.3, 0.4) is 0 Å². The third kappa shape index (κ3) is 7.91. The lowest BCUT2D eigenvalue weighted by molar-refractivity contribution is -0.138. The van der Waals surface area contributed by atoms with Crippen LogP contribution in [-0.4, -0.2) is 35.0 Å². The molecule has 1 atom stereocenters. The van der Waals surface area contributed by atoms with Crippen LogP contribution in [0, 0.1) is 0 Å². The summed E-state index contributed by atoms with van der Waals surface area (Å²) in [5.41, 5.74) is 0. The largest absolute Gasteiger partial charge is 0.481 e. The van der Waals surface area contributed by atoms with E-state index < -0.39 is 5.97 Å². The highest BCUT2D eigenvalue weighted by Crippen LogP contribution is 2.00. The summed E-state index contributed by atoms with van der Waals surface area (Å²) >= 11 is 1.73. The van der Waals surface area contributed by atoms with E-state index in [1.54, 1.807) is 11.8 Å². The van der Waals surface area contributed by atoms with Gasteiger partial charge >= 0.3 is 5.97 Å². The van der Waals surface area contributed by atoms with E-state index in [-0.39, 0.29) is 24.8 Å². The highest BCUT2D eigenvalue weighted by atomic mass is 32.2. The van der Waals surface area contributed by atoms with Crippen LogP contribution in [0.2, 0.25) is 0 Å². The molecule has 4 nitrogen and oxygen atoms in total. The number of hydrogen-bond donors (Lipinski definition) is 2. The average Bonchev–Trinajstić information content (AvgIpc) is 2.11. The van der Waals surface area contributed by atoms with Crippen molar-refractivity contribution in [2.24, 2.45) is 0 Å². The molecule has 0 rings (SSSR count). The normalized spacial score (nSPS) is 12.1. The Morgan fingerprint density at radius 2 is 2.07 bits per heavy atom. The summed E-state index contributed by atoms with van der Waals surface area (Å²) in [6.07, 6.45) is 2.90. The molecule has 0 aliphatic carbocycles. The summed E-state index contributed by atoms with van der Waals surface area (Å²) in [6, 6.07) is 0.128. The lowest BCUT2D eigenvalue weighted by Gasteiger charge is -2.12. The highest BCUT2D eigenvalue weighted by Gasteiger charge is 2.08. The van der Waals surface area contributed by atoms with Crippen molar-refractivity contribution in [2.45, 2.75) is 32.2 Å². The van der Waals surface area contributed by atoms with Crippen molar-refractivity contribution in [1.82, 2.24) is 5.32 Å². The van der Waals surface area contributed by atoms with Crippen LogP contribution < -0.4 is 5.32 Å². The minimum atomic E-state index is -0.933. The second kappa shape index (κ2) is 7.67. The van der Waals surface area contributed by atoms with E-state index in [2.05, 4.69) is 5.32 Å². The molecule has 0 fully saturated rings. The molecule has 0 saturated heterocycles. The van der Waals surface area contributed by atoms with Crippen molar-refractivity contribution >= 4 is 23.6 Å². The Balaban J connectivity index is 3.55. The Bertz CT molecular complexity index is 196. The van der Waals surface area contributed by atoms with Gasteiger partial charge < -0.3 is 10.4 Å². The summed E-state index contributed by atoms with van der Waals surface area (Å²) in [7, 11) is 0. The Hall–Kier alpha value is -0.710. The van der Waals surface area contributed by atoms with E-state index in [1.165, 1.54) is 0 Å². The summed E-state index contributed by atoms with van der Waals surface area (Å²) in [6.45, 7) is 1.93. The molecule has 2 N–H and O–H groups in total. The first-order valence-corrected chi connectivity index (χ1v) is 5.95. The molecule has 14 heavy (non-hydrogen) atoms. The predicted octanol–water partition coefficient (Wildman–Crippen LogP) is 1.11. The molecule has 0 bridgehead atoms. The molecule has 0 heterocycles. The van der Waals surface area contributed by atoms with Crippen molar-refractivity contribution in [3.05, 3.63) is 0 Å². The van der Waals surface area contributed by atoms with Crippen LogP contribution in [0.5, 0.6) is 0 Å². The van der Waals surface area contributed by atoms with E-state index in [4.69, 9.17) is 5.11 Å². The van der Waals surface area contributed by atoms with E-state index in [0.29, 0.717) is 0 Å². The topological polar surface area (TPSA) is 66.4 Å². The van der Waals surface area contributed by atoms with Crippen LogP contribution in [0.15, 0.2) is 0 Å². The number of thioether (sulfide) groups is 1. The van der Waals surface area contributed by atoms with Crippen LogP contribution in [0.4, 0.5) is 0 Å². The first kappa shape index (κ1) is 13.3. The number of carbonyl (C=O) groups is 2. The fourth-order valence-corrected chi connectivity index (χ4v) is 1.52. The van der Waals surface area contributed by atoms with Crippen molar-refractivity contribution in [2.75, 3.05) is 12.0 Å². The number of carboxylic acid groups (broad SMARTS) is 1. The molecule has 82 valence electrons. The fourth-order valence-electron chi connectivity index (χ4n) is 0.934. The number of aliphatic carboxylic acids is 1. The summed E-state index contributed by atoms with van der Waals surface area (Å²) in [5.74, 6) is -0.113. The smallest absolute Gasteiger partial charge is 0.303 e. The third-order valence-electron chi connectivity index (χ3n) is 1.73. The van der Waals surface area contributed by atoms with Crippen LogP contribution in [0.1, 0.15) is 26.2 Å². The molecule has 1 unspecified atom stereocenters. The van der Waals surface area contributed by atoms with Gasteiger partial charge in [-0.1, -0.05) is 0 Å². The maximum atomic E-state index is 11.1. The average molecular weight is 219 g/mol. The fraction of sp³-hybridized carbons (Fsp3) is 0.778. The molecule has 0 saturated carbocycles. The van der Waals surface area contributed by atoms with E-state index in [0.717, 1.165) is 12.2 Å². The van der Waals surface area contributed by atoms with Gasteiger partial charge in [0.05, 0.1) is 6.42 Å². The molecule has 0 aliphatic rings. The van der Waals surface area contributed by atoms with Crippen LogP contribution in [0.25, 0.3) is 0 Å². The van der Waals surface area contributed by atoms with Crippen molar-refractivity contribution in [3.63, 3.8) is 0 Å². The van der Waals surface area contributed by atoms with Gasteiger partial charge in [-0.05, 0) is 25.4 Å². The zero-order chi connectivity index (χ0) is 11.0. The second-order valence-corrected chi connectivity index (χ2v) is 4.13. The molecule has 5 heteroatoms. The zero-order valence-electron chi connectivity index (χ0n) is 8.58. The Morgan fingerprint density at radius 1 is 1.43 bits per heavy atom. The summed E-state index contributed by atoms with van der Waals surface area (Å²) < 4.78 is 0. The third-order valence-corrected chi connectivity index (χ3v) is 2.37. The Morgan fingerprint density at radius 3 is 2.57 bits per heavy atom. The molecule has 0 spiro atoms. The quantitative estimate of drug-likeness (QED) is 0.673. The van der Waals surface area contributed by atoms with Gasteiger partial charge in [0.25, 0.3) is 0 Å². The van der Waals surface area contributed by atoms with Gasteiger partial charge in [-0.3, -0.25) is 9.59 Å². The van der Waals surface area contributed by atoms with Gasteiger partial charge in [-0.2, -0.15) is 11.8 Å². The highest BCUT2D eigenvalue weighted by molar-refractivity contribution is 7.98. The molecule has 0 aromatic carbocycles. The van der Waals surface area contributed by atoms with Crippen LogP contribution >= 0.6 is 11.8 Å². The minimum absolute atomic E-state index is 0.0684. The number of carboxylic acids is 1. The maximum Gasteiger partial charge on any atom is 0.303 e. The monoisotopic (exact) mass is 219 g/mol.